The Morgan fingerprint density at radius 3 is 2.54 bits per heavy atom. The summed E-state index contributed by atoms with van der Waals surface area (Å²) < 4.78 is 40.4. The second kappa shape index (κ2) is 5.78. The molecule has 76 valence electrons. The van der Waals surface area contributed by atoms with Crippen LogP contribution in [-0.2, 0) is 4.74 Å². The molecule has 1 atom stereocenters. The lowest BCUT2D eigenvalue weighted by molar-refractivity contribution is -0.157. The fourth-order valence-electron chi connectivity index (χ4n) is 0.655. The van der Waals surface area contributed by atoms with Crippen molar-refractivity contribution >= 4 is 0 Å². The summed E-state index contributed by atoms with van der Waals surface area (Å²) >= 11 is 0. The molecule has 0 aliphatic heterocycles. The molecule has 0 amide bonds. The van der Waals surface area contributed by atoms with Crippen LogP contribution in [0.5, 0.6) is 0 Å². The van der Waals surface area contributed by atoms with Crippen LogP contribution in [0.15, 0.2) is 0 Å². The highest BCUT2D eigenvalue weighted by Crippen LogP contribution is 2.24. The van der Waals surface area contributed by atoms with Gasteiger partial charge in [-0.1, -0.05) is 0 Å². The van der Waals surface area contributed by atoms with Crippen LogP contribution in [0, 0.1) is 17.2 Å². The van der Waals surface area contributed by atoms with Crippen molar-refractivity contribution in [3.05, 3.63) is 0 Å². The van der Waals surface area contributed by atoms with E-state index < -0.39 is 12.1 Å². The maximum Gasteiger partial charge on any atom is 0.405 e. The second-order valence-electron chi connectivity index (χ2n) is 2.42. The van der Waals surface area contributed by atoms with Gasteiger partial charge in [0.15, 0.2) is 5.92 Å². The summed E-state index contributed by atoms with van der Waals surface area (Å²) in [7, 11) is 1.45. The van der Waals surface area contributed by atoms with Gasteiger partial charge in [-0.3, -0.25) is 0 Å². The summed E-state index contributed by atoms with van der Waals surface area (Å²) in [4.78, 5) is 0. The van der Waals surface area contributed by atoms with Crippen LogP contribution in [0.1, 0.15) is 0 Å². The third kappa shape index (κ3) is 5.44. The summed E-state index contributed by atoms with van der Waals surface area (Å²) in [5, 5.41) is 10.7. The molecule has 3 nitrogen and oxygen atoms in total. The number of ether oxygens (including phenoxy) is 1. The monoisotopic (exact) mass is 196 g/mol. The molecule has 0 bridgehead atoms. The molecular formula is C7H11F3N2O. The first kappa shape index (κ1) is 12.2. The number of rotatable bonds is 5. The topological polar surface area (TPSA) is 45.0 Å². The third-order valence-corrected chi connectivity index (χ3v) is 1.38. The van der Waals surface area contributed by atoms with E-state index in [2.05, 4.69) is 10.1 Å². The quantitative estimate of drug-likeness (QED) is 0.665. The normalized spacial score (nSPS) is 13.8. The fourth-order valence-corrected chi connectivity index (χ4v) is 0.655. The maximum atomic E-state index is 11.9. The highest BCUT2D eigenvalue weighted by molar-refractivity contribution is 4.89. The van der Waals surface area contributed by atoms with Gasteiger partial charge < -0.3 is 10.1 Å². The van der Waals surface area contributed by atoms with Crippen LogP contribution < -0.4 is 5.32 Å². The summed E-state index contributed by atoms with van der Waals surface area (Å²) in [6.45, 7) is 0.254. The molecule has 6 heteroatoms. The molecule has 0 heterocycles. The summed E-state index contributed by atoms with van der Waals surface area (Å²) in [5.74, 6) is -1.94. The van der Waals surface area contributed by atoms with E-state index in [-0.39, 0.29) is 6.54 Å². The molecule has 0 saturated carbocycles. The van der Waals surface area contributed by atoms with Crippen molar-refractivity contribution in [3.63, 3.8) is 0 Å². The highest BCUT2D eigenvalue weighted by atomic mass is 19.4. The molecule has 0 radical (unpaired) electrons. The molecule has 0 fully saturated rings. The largest absolute Gasteiger partial charge is 0.405 e. The number of hydrogen-bond acceptors (Lipinski definition) is 3. The van der Waals surface area contributed by atoms with E-state index in [4.69, 9.17) is 5.26 Å². The standard InChI is InChI=1S/C7H11F3N2O/c1-13-3-2-12-5-6(4-11)7(8,9)10/h6,12H,2-3,5H2,1H3. The number of nitrogens with zero attached hydrogens (tertiary/aromatic N) is 1. The Labute approximate surface area is 74.5 Å². The van der Waals surface area contributed by atoms with Gasteiger partial charge in [0.05, 0.1) is 12.7 Å². The Balaban J connectivity index is 3.69. The van der Waals surface area contributed by atoms with Gasteiger partial charge in [0, 0.05) is 20.2 Å². The molecule has 1 N–H and O–H groups in total. The maximum absolute atomic E-state index is 11.9. The molecular weight excluding hydrogens is 185 g/mol. The molecule has 0 aliphatic rings. The van der Waals surface area contributed by atoms with Gasteiger partial charge in [-0.15, -0.1) is 0 Å². The SMILES string of the molecule is COCCNCC(C#N)C(F)(F)F. The Hall–Kier alpha value is -0.800. The van der Waals surface area contributed by atoms with Crippen LogP contribution in [0.2, 0.25) is 0 Å². The van der Waals surface area contributed by atoms with E-state index in [1.54, 1.807) is 0 Å². The van der Waals surface area contributed by atoms with E-state index in [0.717, 1.165) is 0 Å². The Bertz CT molecular complexity index is 176. The van der Waals surface area contributed by atoms with Crippen molar-refractivity contribution in [2.24, 2.45) is 5.92 Å². The molecule has 13 heavy (non-hydrogen) atoms. The van der Waals surface area contributed by atoms with Crippen molar-refractivity contribution in [1.82, 2.24) is 5.32 Å². The zero-order valence-electron chi connectivity index (χ0n) is 7.19. The Morgan fingerprint density at radius 1 is 1.54 bits per heavy atom. The van der Waals surface area contributed by atoms with Crippen molar-refractivity contribution in [2.75, 3.05) is 26.8 Å². The smallest absolute Gasteiger partial charge is 0.383 e. The van der Waals surface area contributed by atoms with E-state index in [0.29, 0.717) is 13.2 Å². The van der Waals surface area contributed by atoms with Gasteiger partial charge in [0.2, 0.25) is 0 Å². The number of nitrogens with one attached hydrogen (secondary N) is 1. The van der Waals surface area contributed by atoms with E-state index in [9.17, 15) is 13.2 Å². The predicted molar refractivity (Wildman–Crippen MR) is 39.9 cm³/mol. The average Bonchev–Trinajstić information content (AvgIpc) is 2.02. The molecule has 0 aromatic carbocycles. The molecule has 1 unspecified atom stereocenters. The Kier molecular flexibility index (Phi) is 5.42. The minimum absolute atomic E-state index is 0.310. The van der Waals surface area contributed by atoms with Gasteiger partial charge in [0.1, 0.15) is 0 Å². The average molecular weight is 196 g/mol. The molecule has 0 aliphatic carbocycles. The van der Waals surface area contributed by atoms with Crippen LogP contribution in [0.25, 0.3) is 0 Å². The van der Waals surface area contributed by atoms with Crippen molar-refractivity contribution in [1.29, 1.82) is 5.26 Å². The molecule has 0 aromatic rings. The molecule has 0 aromatic heterocycles. The molecule has 0 rings (SSSR count). The third-order valence-electron chi connectivity index (χ3n) is 1.38. The van der Waals surface area contributed by atoms with Gasteiger partial charge in [-0.05, 0) is 0 Å². The van der Waals surface area contributed by atoms with Crippen LogP contribution >= 0.6 is 0 Å². The highest BCUT2D eigenvalue weighted by Gasteiger charge is 2.39. The zero-order valence-corrected chi connectivity index (χ0v) is 7.19. The molecule has 0 saturated heterocycles. The number of hydrogen-bond donors (Lipinski definition) is 1. The predicted octanol–water partition coefficient (Wildman–Crippen LogP) is 0.924. The summed E-state index contributed by atoms with van der Waals surface area (Å²) in [6, 6.07) is 1.19. The van der Waals surface area contributed by atoms with Crippen molar-refractivity contribution in [2.45, 2.75) is 6.18 Å². The lowest BCUT2D eigenvalue weighted by Gasteiger charge is -2.13. The van der Waals surface area contributed by atoms with Crippen LogP contribution in [0.4, 0.5) is 13.2 Å². The fraction of sp³-hybridized carbons (Fsp3) is 0.857. The first-order chi connectivity index (χ1) is 6.02. The van der Waals surface area contributed by atoms with E-state index in [1.807, 2.05) is 0 Å². The summed E-state index contributed by atoms with van der Waals surface area (Å²) in [6.07, 6.45) is -4.45. The van der Waals surface area contributed by atoms with E-state index >= 15 is 0 Å². The van der Waals surface area contributed by atoms with Crippen LogP contribution in [-0.4, -0.2) is 33.0 Å². The number of nitriles is 1. The molecule has 0 spiro atoms. The zero-order chi connectivity index (χ0) is 10.3. The van der Waals surface area contributed by atoms with Gasteiger partial charge >= 0.3 is 6.18 Å². The van der Waals surface area contributed by atoms with Crippen LogP contribution in [0.3, 0.4) is 0 Å². The summed E-state index contributed by atoms with van der Waals surface area (Å²) in [5.41, 5.74) is 0. The Morgan fingerprint density at radius 2 is 2.15 bits per heavy atom. The van der Waals surface area contributed by atoms with Gasteiger partial charge in [-0.25, -0.2) is 0 Å². The lowest BCUT2D eigenvalue weighted by atomic mass is 10.1. The number of alkyl halides is 3. The van der Waals surface area contributed by atoms with Crippen molar-refractivity contribution in [3.8, 4) is 6.07 Å². The lowest BCUT2D eigenvalue weighted by Crippen LogP contribution is -2.33. The number of halogens is 3. The minimum atomic E-state index is -4.45. The van der Waals surface area contributed by atoms with Gasteiger partial charge in [-0.2, -0.15) is 18.4 Å². The first-order valence-electron chi connectivity index (χ1n) is 3.68. The van der Waals surface area contributed by atoms with Crippen molar-refractivity contribution < 1.29 is 17.9 Å². The number of methoxy groups -OCH3 is 1. The van der Waals surface area contributed by atoms with E-state index in [1.165, 1.54) is 13.2 Å². The second-order valence-corrected chi connectivity index (χ2v) is 2.42. The minimum Gasteiger partial charge on any atom is -0.383 e. The van der Waals surface area contributed by atoms with Gasteiger partial charge in [0.25, 0.3) is 0 Å². The first-order valence-corrected chi connectivity index (χ1v) is 3.68.